The van der Waals surface area contributed by atoms with E-state index in [1.165, 1.54) is 24.3 Å². The fraction of sp³-hybridized carbons (Fsp3) is 0.182. The molecule has 0 atom stereocenters. The molecule has 3 rings (SSSR count). The molecule has 184 valence electrons. The van der Waals surface area contributed by atoms with Gasteiger partial charge in [-0.2, -0.15) is 0 Å². The molecule has 0 spiro atoms. The van der Waals surface area contributed by atoms with Gasteiger partial charge in [-0.1, -0.05) is 12.1 Å². The highest BCUT2D eigenvalue weighted by Gasteiger charge is 2.25. The third-order valence-corrected chi connectivity index (χ3v) is 4.81. The summed E-state index contributed by atoms with van der Waals surface area (Å²) in [6.07, 6.45) is 0. The Hall–Kier alpha value is -4.62. The first-order valence-corrected chi connectivity index (χ1v) is 10.5. The van der Waals surface area contributed by atoms with Crippen molar-refractivity contribution in [2.24, 2.45) is 0 Å². The summed E-state index contributed by atoms with van der Waals surface area (Å²) in [7, 11) is 0. The molecule has 0 aliphatic carbocycles. The first-order valence-electron chi connectivity index (χ1n) is 10.5. The number of hydrogen-bond donors (Lipinski definition) is 7. The van der Waals surface area contributed by atoms with Gasteiger partial charge in [0, 0.05) is 24.8 Å². The van der Waals surface area contributed by atoms with Crippen LogP contribution in [-0.2, 0) is 0 Å². The van der Waals surface area contributed by atoms with E-state index in [2.05, 4.69) is 21.3 Å². The van der Waals surface area contributed by atoms with E-state index in [4.69, 9.17) is 5.11 Å². The summed E-state index contributed by atoms with van der Waals surface area (Å²) < 4.78 is 0. The average molecular weight is 484 g/mol. The maximum absolute atomic E-state index is 11.8. The minimum absolute atomic E-state index is 0.0328. The molecule has 0 amide bonds. The molecule has 0 fully saturated rings. The summed E-state index contributed by atoms with van der Waals surface area (Å²) in [5, 5.41) is 63.3. The van der Waals surface area contributed by atoms with Gasteiger partial charge in [0.1, 0.15) is 17.1 Å². The molecule has 0 bridgehead atoms. The monoisotopic (exact) mass is 484 g/mol. The predicted molar refractivity (Wildman–Crippen MR) is 132 cm³/mol. The van der Waals surface area contributed by atoms with Crippen molar-refractivity contribution >= 4 is 45.5 Å². The van der Waals surface area contributed by atoms with E-state index >= 15 is 0 Å². The van der Waals surface area contributed by atoms with Crippen LogP contribution in [0.25, 0.3) is 0 Å². The van der Waals surface area contributed by atoms with Crippen LogP contribution < -0.4 is 21.3 Å². The number of phenols is 1. The highest BCUT2D eigenvalue weighted by atomic mass is 16.6. The number of aliphatic hydroxyl groups is 2. The molecule has 0 heterocycles. The normalized spacial score (nSPS) is 10.5. The van der Waals surface area contributed by atoms with Crippen molar-refractivity contribution in [2.45, 2.75) is 0 Å². The number of aliphatic hydroxyl groups excluding tert-OH is 2. The molecule has 0 aromatic heterocycles. The number of aromatic hydroxyl groups is 1. The van der Waals surface area contributed by atoms with Gasteiger partial charge in [0.2, 0.25) is 0 Å². The van der Waals surface area contributed by atoms with Crippen molar-refractivity contribution < 1.29 is 25.2 Å². The van der Waals surface area contributed by atoms with Crippen LogP contribution in [0.3, 0.4) is 0 Å². The number of hydrogen-bond acceptors (Lipinski definition) is 11. The van der Waals surface area contributed by atoms with Gasteiger partial charge in [-0.25, -0.2) is 0 Å². The number of benzene rings is 3. The van der Waals surface area contributed by atoms with Crippen LogP contribution in [0, 0.1) is 20.2 Å². The zero-order valence-corrected chi connectivity index (χ0v) is 18.4. The van der Waals surface area contributed by atoms with Gasteiger partial charge >= 0.3 is 0 Å². The highest BCUT2D eigenvalue weighted by molar-refractivity contribution is 5.89. The molecule has 7 N–H and O–H groups in total. The number of phenolic OH excluding ortho intramolecular Hbond substituents is 1. The largest absolute Gasteiger partial charge is 0.508 e. The van der Waals surface area contributed by atoms with Gasteiger partial charge < -0.3 is 36.6 Å². The third kappa shape index (κ3) is 6.25. The van der Waals surface area contributed by atoms with Crippen molar-refractivity contribution in [3.05, 3.63) is 74.8 Å². The quantitative estimate of drug-likeness (QED) is 0.147. The maximum atomic E-state index is 11.8. The summed E-state index contributed by atoms with van der Waals surface area (Å²) in [6, 6.07) is 13.0. The number of anilines is 6. The molecule has 0 aliphatic heterocycles. The van der Waals surface area contributed by atoms with Crippen LogP contribution in [0.1, 0.15) is 0 Å². The van der Waals surface area contributed by atoms with Crippen LogP contribution >= 0.6 is 0 Å². The fourth-order valence-corrected chi connectivity index (χ4v) is 3.33. The topological polar surface area (TPSA) is 195 Å². The van der Waals surface area contributed by atoms with E-state index < -0.39 is 21.2 Å². The SMILES string of the molecule is O=[N+]([O-])c1cc([N+](=O)[O-])c(Nc2cccc(NCCO)c2NCCO)cc1Nc1cccc(O)c1. The molecular weight excluding hydrogens is 460 g/mol. The van der Waals surface area contributed by atoms with Gasteiger partial charge in [0.25, 0.3) is 11.4 Å². The van der Waals surface area contributed by atoms with Crippen molar-refractivity contribution in [3.8, 4) is 5.75 Å². The molecule has 0 radical (unpaired) electrons. The molecule has 3 aromatic rings. The van der Waals surface area contributed by atoms with Gasteiger partial charge in [-0.15, -0.1) is 0 Å². The van der Waals surface area contributed by atoms with Gasteiger partial charge in [0.05, 0.1) is 46.2 Å². The van der Waals surface area contributed by atoms with Crippen molar-refractivity contribution in [1.82, 2.24) is 0 Å². The second-order valence-electron chi connectivity index (χ2n) is 7.23. The van der Waals surface area contributed by atoms with Crippen LogP contribution in [0.2, 0.25) is 0 Å². The lowest BCUT2D eigenvalue weighted by Gasteiger charge is -2.19. The molecule has 0 aliphatic rings. The minimum Gasteiger partial charge on any atom is -0.508 e. The first kappa shape index (κ1) is 25.0. The molecule has 35 heavy (non-hydrogen) atoms. The van der Waals surface area contributed by atoms with E-state index in [0.717, 1.165) is 6.07 Å². The third-order valence-electron chi connectivity index (χ3n) is 4.81. The van der Waals surface area contributed by atoms with E-state index in [-0.39, 0.29) is 43.4 Å². The number of nitrogens with zero attached hydrogens (tertiary/aromatic N) is 2. The van der Waals surface area contributed by atoms with Crippen LogP contribution in [0.4, 0.5) is 45.5 Å². The Morgan fingerprint density at radius 2 is 1.31 bits per heavy atom. The van der Waals surface area contributed by atoms with E-state index in [1.54, 1.807) is 24.3 Å². The molecule has 13 nitrogen and oxygen atoms in total. The Bertz CT molecular complexity index is 1220. The van der Waals surface area contributed by atoms with E-state index in [1.807, 2.05) is 0 Å². The second kappa shape index (κ2) is 11.5. The number of rotatable bonds is 12. The van der Waals surface area contributed by atoms with Crippen molar-refractivity contribution in [3.63, 3.8) is 0 Å². The predicted octanol–water partition coefficient (Wildman–Crippen LogP) is 3.50. The maximum Gasteiger partial charge on any atom is 0.299 e. The Balaban J connectivity index is 2.10. The molecule has 13 heteroatoms. The minimum atomic E-state index is -0.740. The molecular formula is C22H24N6O7. The van der Waals surface area contributed by atoms with Crippen LogP contribution in [0.15, 0.2) is 54.6 Å². The summed E-state index contributed by atoms with van der Waals surface area (Å²) in [5.74, 6) is -0.0651. The Morgan fingerprint density at radius 1 is 0.714 bits per heavy atom. The van der Waals surface area contributed by atoms with Gasteiger partial charge in [0.15, 0.2) is 0 Å². The summed E-state index contributed by atoms with van der Waals surface area (Å²) in [6.45, 7) is 0.116. The van der Waals surface area contributed by atoms with E-state index in [0.29, 0.717) is 22.7 Å². The highest BCUT2D eigenvalue weighted by Crippen LogP contribution is 2.41. The van der Waals surface area contributed by atoms with Gasteiger partial charge in [-0.05, 0) is 30.3 Å². The zero-order chi connectivity index (χ0) is 25.4. The molecule has 0 saturated carbocycles. The molecule has 0 saturated heterocycles. The fourth-order valence-electron chi connectivity index (χ4n) is 3.33. The number of nitro benzene ring substituents is 2. The molecule has 0 unspecified atom stereocenters. The van der Waals surface area contributed by atoms with Crippen LogP contribution in [0.5, 0.6) is 5.75 Å². The summed E-state index contributed by atoms with van der Waals surface area (Å²) in [4.78, 5) is 21.9. The summed E-state index contributed by atoms with van der Waals surface area (Å²) in [5.41, 5.74) is 0.658. The summed E-state index contributed by atoms with van der Waals surface area (Å²) >= 11 is 0. The number of nitrogens with one attached hydrogen (secondary N) is 4. The Labute approximate surface area is 199 Å². The zero-order valence-electron chi connectivity index (χ0n) is 18.4. The van der Waals surface area contributed by atoms with Gasteiger partial charge in [-0.3, -0.25) is 20.2 Å². The standard InChI is InChI=1S/C22H24N6O7/c29-9-7-23-16-5-2-6-17(22(16)24-8-10-30)26-19-12-18(25-14-3-1-4-15(31)11-14)20(27(32)33)13-21(19)28(34)35/h1-6,11-13,23-26,29-31H,7-10H2. The number of nitro groups is 2. The average Bonchev–Trinajstić information content (AvgIpc) is 2.81. The first-order chi connectivity index (χ1) is 16.8. The lowest BCUT2D eigenvalue weighted by Crippen LogP contribution is -2.13. The Kier molecular flexibility index (Phi) is 8.21. The van der Waals surface area contributed by atoms with Crippen molar-refractivity contribution in [1.29, 1.82) is 0 Å². The smallest absolute Gasteiger partial charge is 0.299 e. The number of para-hydroxylation sites is 1. The van der Waals surface area contributed by atoms with Crippen LogP contribution in [-0.4, -0.2) is 51.5 Å². The van der Waals surface area contributed by atoms with Crippen molar-refractivity contribution in [2.75, 3.05) is 47.6 Å². The van der Waals surface area contributed by atoms with E-state index in [9.17, 15) is 30.4 Å². The lowest BCUT2D eigenvalue weighted by atomic mass is 10.1. The Morgan fingerprint density at radius 3 is 1.94 bits per heavy atom. The molecule has 3 aromatic carbocycles. The second-order valence-corrected chi connectivity index (χ2v) is 7.23. The lowest BCUT2D eigenvalue weighted by molar-refractivity contribution is -0.393.